The molecule has 0 radical (unpaired) electrons. The molecular weight excluding hydrogens is 205 g/mol. The van der Waals surface area contributed by atoms with Gasteiger partial charge in [-0.2, -0.15) is 0 Å². The molecule has 78 valence electrons. The average Bonchev–Trinajstić information content (AvgIpc) is 2.10. The highest BCUT2D eigenvalue weighted by atomic mass is 35.5. The lowest BCUT2D eigenvalue weighted by molar-refractivity contribution is 0.0989. The van der Waals surface area contributed by atoms with Gasteiger partial charge in [0.2, 0.25) is 0 Å². The van der Waals surface area contributed by atoms with Crippen LogP contribution < -0.4 is 5.73 Å². The Labute approximate surface area is 88.7 Å². The molecule has 0 aliphatic carbocycles. The predicted octanol–water partition coefficient (Wildman–Crippen LogP) is 2.73. The van der Waals surface area contributed by atoms with Gasteiger partial charge in [-0.05, 0) is 24.6 Å². The summed E-state index contributed by atoms with van der Waals surface area (Å²) in [5, 5.41) is 0. The van der Waals surface area contributed by atoms with Crippen molar-refractivity contribution in [2.24, 2.45) is 0 Å². The minimum Gasteiger partial charge on any atom is -0.398 e. The number of aryl methyl sites for hydroxylation is 1. The molecule has 0 spiro atoms. The van der Waals surface area contributed by atoms with Gasteiger partial charge in [-0.1, -0.05) is 6.92 Å². The number of Topliss-reactive ketones (excluding diaryl/α,β-unsaturated/α-hetero) is 1. The van der Waals surface area contributed by atoms with E-state index in [2.05, 4.69) is 0 Å². The van der Waals surface area contributed by atoms with Crippen molar-refractivity contribution in [3.05, 3.63) is 29.1 Å². The normalized spacial score (nSPS) is 9.36. The zero-order valence-electron chi connectivity index (χ0n) is 8.13. The third-order valence-corrected chi connectivity index (χ3v) is 1.95. The van der Waals surface area contributed by atoms with Gasteiger partial charge in [0.25, 0.3) is 0 Å². The maximum Gasteiger partial charge on any atom is 0.164 e. The zero-order valence-corrected chi connectivity index (χ0v) is 8.95. The molecule has 2 N–H and O–H groups in total. The Morgan fingerprint density at radius 2 is 2.07 bits per heavy atom. The van der Waals surface area contributed by atoms with E-state index < -0.39 is 0 Å². The molecule has 0 atom stereocenters. The van der Waals surface area contributed by atoms with Crippen LogP contribution >= 0.6 is 12.4 Å². The second-order valence-corrected chi connectivity index (χ2v) is 2.97. The molecule has 0 unspecified atom stereocenters. The van der Waals surface area contributed by atoms with E-state index in [1.54, 1.807) is 13.8 Å². The maximum atomic E-state index is 12.9. The number of carbonyl (C=O) groups excluding carboxylic acids is 1. The van der Waals surface area contributed by atoms with Crippen molar-refractivity contribution in [1.82, 2.24) is 0 Å². The van der Waals surface area contributed by atoms with Crippen LogP contribution in [-0.4, -0.2) is 5.78 Å². The standard InChI is InChI=1S/C10H12FNO.ClH/c1-3-10(13)7-4-6(2)8(11)5-9(7)12;/h4-5H,3,12H2,1-2H3;1H. The molecule has 0 saturated heterocycles. The van der Waals surface area contributed by atoms with E-state index in [4.69, 9.17) is 5.73 Å². The summed E-state index contributed by atoms with van der Waals surface area (Å²) in [7, 11) is 0. The fourth-order valence-corrected chi connectivity index (χ4v) is 1.13. The molecule has 1 aromatic carbocycles. The van der Waals surface area contributed by atoms with Crippen LogP contribution in [0.25, 0.3) is 0 Å². The number of benzene rings is 1. The van der Waals surface area contributed by atoms with Crippen molar-refractivity contribution in [1.29, 1.82) is 0 Å². The van der Waals surface area contributed by atoms with Crippen LogP contribution in [0.15, 0.2) is 12.1 Å². The van der Waals surface area contributed by atoms with E-state index in [0.717, 1.165) is 0 Å². The number of carbonyl (C=O) groups is 1. The van der Waals surface area contributed by atoms with Gasteiger partial charge in [0.1, 0.15) is 5.82 Å². The number of anilines is 1. The predicted molar refractivity (Wildman–Crippen MR) is 57.4 cm³/mol. The summed E-state index contributed by atoms with van der Waals surface area (Å²) >= 11 is 0. The van der Waals surface area contributed by atoms with Gasteiger partial charge < -0.3 is 5.73 Å². The van der Waals surface area contributed by atoms with Gasteiger partial charge in [0.15, 0.2) is 5.78 Å². The SMILES string of the molecule is CCC(=O)c1cc(C)c(F)cc1N.Cl. The fourth-order valence-electron chi connectivity index (χ4n) is 1.13. The minimum atomic E-state index is -0.370. The van der Waals surface area contributed by atoms with Crippen LogP contribution in [0.4, 0.5) is 10.1 Å². The van der Waals surface area contributed by atoms with Crippen molar-refractivity contribution in [3.63, 3.8) is 0 Å². The van der Waals surface area contributed by atoms with E-state index in [0.29, 0.717) is 17.5 Å². The topological polar surface area (TPSA) is 43.1 Å². The van der Waals surface area contributed by atoms with Crippen LogP contribution in [-0.2, 0) is 0 Å². The highest BCUT2D eigenvalue weighted by Gasteiger charge is 2.10. The van der Waals surface area contributed by atoms with Crippen molar-refractivity contribution in [3.8, 4) is 0 Å². The Kier molecular flexibility index (Phi) is 4.57. The summed E-state index contributed by atoms with van der Waals surface area (Å²) in [5.74, 6) is -0.425. The van der Waals surface area contributed by atoms with Crippen LogP contribution in [0.5, 0.6) is 0 Å². The van der Waals surface area contributed by atoms with E-state index in [1.165, 1.54) is 12.1 Å². The molecule has 0 bridgehead atoms. The number of nitrogens with two attached hydrogens (primary N) is 1. The van der Waals surface area contributed by atoms with Gasteiger partial charge in [-0.25, -0.2) is 4.39 Å². The molecule has 0 aromatic heterocycles. The van der Waals surface area contributed by atoms with Gasteiger partial charge in [0.05, 0.1) is 0 Å². The molecule has 0 heterocycles. The first-order chi connectivity index (χ1) is 6.06. The second-order valence-electron chi connectivity index (χ2n) is 2.97. The quantitative estimate of drug-likeness (QED) is 0.612. The van der Waals surface area contributed by atoms with Gasteiger partial charge in [0, 0.05) is 17.7 Å². The third-order valence-electron chi connectivity index (χ3n) is 1.95. The van der Waals surface area contributed by atoms with E-state index in [-0.39, 0.29) is 29.7 Å². The van der Waals surface area contributed by atoms with Crippen LogP contribution in [0, 0.1) is 12.7 Å². The van der Waals surface area contributed by atoms with Crippen LogP contribution in [0.3, 0.4) is 0 Å². The number of rotatable bonds is 2. The van der Waals surface area contributed by atoms with Crippen molar-refractivity contribution in [2.45, 2.75) is 20.3 Å². The van der Waals surface area contributed by atoms with Crippen LogP contribution in [0.2, 0.25) is 0 Å². The van der Waals surface area contributed by atoms with Crippen LogP contribution in [0.1, 0.15) is 29.3 Å². The lowest BCUT2D eigenvalue weighted by atomic mass is 10.0. The Morgan fingerprint density at radius 3 is 2.57 bits per heavy atom. The lowest BCUT2D eigenvalue weighted by Crippen LogP contribution is -2.04. The number of ketones is 1. The molecule has 0 fully saturated rings. The Bertz CT molecular complexity index is 352. The number of hydrogen-bond donors (Lipinski definition) is 1. The first kappa shape index (κ1) is 12.9. The van der Waals surface area contributed by atoms with E-state index in [9.17, 15) is 9.18 Å². The highest BCUT2D eigenvalue weighted by molar-refractivity contribution is 6.00. The molecule has 2 nitrogen and oxygen atoms in total. The minimum absolute atomic E-state index is 0. The van der Waals surface area contributed by atoms with Crippen molar-refractivity contribution in [2.75, 3.05) is 5.73 Å². The number of nitrogen functional groups attached to an aromatic ring is 1. The third kappa shape index (κ3) is 2.45. The molecule has 14 heavy (non-hydrogen) atoms. The Morgan fingerprint density at radius 1 is 1.50 bits per heavy atom. The first-order valence-electron chi connectivity index (χ1n) is 4.15. The summed E-state index contributed by atoms with van der Waals surface area (Å²) in [4.78, 5) is 11.3. The average molecular weight is 218 g/mol. The second kappa shape index (κ2) is 4.96. The largest absolute Gasteiger partial charge is 0.398 e. The molecule has 0 amide bonds. The summed E-state index contributed by atoms with van der Waals surface area (Å²) in [5.41, 5.74) is 6.59. The summed E-state index contributed by atoms with van der Waals surface area (Å²) in [6, 6.07) is 2.69. The smallest absolute Gasteiger partial charge is 0.164 e. The zero-order chi connectivity index (χ0) is 10.0. The van der Waals surface area contributed by atoms with Crippen molar-refractivity contribution < 1.29 is 9.18 Å². The molecule has 0 aliphatic rings. The van der Waals surface area contributed by atoms with Crippen molar-refractivity contribution >= 4 is 23.9 Å². The molecular formula is C10H13ClFNO. The van der Waals surface area contributed by atoms with E-state index >= 15 is 0 Å². The summed E-state index contributed by atoms with van der Waals surface area (Å²) in [6.45, 7) is 3.36. The molecule has 1 rings (SSSR count). The highest BCUT2D eigenvalue weighted by Crippen LogP contribution is 2.18. The number of hydrogen-bond acceptors (Lipinski definition) is 2. The molecule has 0 aliphatic heterocycles. The molecule has 1 aromatic rings. The number of halogens is 2. The molecule has 0 saturated carbocycles. The Hall–Kier alpha value is -1.09. The summed E-state index contributed by atoms with van der Waals surface area (Å²) < 4.78 is 12.9. The van der Waals surface area contributed by atoms with E-state index in [1.807, 2.05) is 0 Å². The lowest BCUT2D eigenvalue weighted by Gasteiger charge is -2.05. The van der Waals surface area contributed by atoms with Gasteiger partial charge in [-0.3, -0.25) is 4.79 Å². The molecule has 4 heteroatoms. The van der Waals surface area contributed by atoms with Gasteiger partial charge >= 0.3 is 0 Å². The first-order valence-corrected chi connectivity index (χ1v) is 4.15. The van der Waals surface area contributed by atoms with Gasteiger partial charge in [-0.15, -0.1) is 12.4 Å². The Balaban J connectivity index is 0.00000169. The monoisotopic (exact) mass is 217 g/mol. The summed E-state index contributed by atoms with van der Waals surface area (Å²) in [6.07, 6.45) is 0.384. The fraction of sp³-hybridized carbons (Fsp3) is 0.300. The maximum absolute atomic E-state index is 12.9.